The molecule has 2 rings (SSSR count). The predicted molar refractivity (Wildman–Crippen MR) is 84.6 cm³/mol. The average molecular weight is 321 g/mol. The number of carboxylic acids is 1. The number of carboxylic acid groups (broad SMARTS) is 1. The number of aliphatic carboxylic acids is 1. The maximum absolute atomic E-state index is 12.6. The molecule has 1 aromatic rings. The van der Waals surface area contributed by atoms with Gasteiger partial charge in [0.1, 0.15) is 11.4 Å². The second-order valence-electron chi connectivity index (χ2n) is 7.47. The molecule has 0 spiro atoms. The number of hydrogen-bond acceptors (Lipinski definition) is 4. The Morgan fingerprint density at radius 2 is 1.96 bits per heavy atom. The highest BCUT2D eigenvalue weighted by Gasteiger charge is 2.43. The minimum Gasteiger partial charge on any atom is -0.481 e. The van der Waals surface area contributed by atoms with Crippen LogP contribution in [0.2, 0.25) is 0 Å². The lowest BCUT2D eigenvalue weighted by Crippen LogP contribution is -2.38. The van der Waals surface area contributed by atoms with Crippen molar-refractivity contribution in [2.24, 2.45) is 5.41 Å². The molecule has 0 bridgehead atoms. The van der Waals surface area contributed by atoms with E-state index in [0.717, 1.165) is 0 Å². The van der Waals surface area contributed by atoms with E-state index in [0.29, 0.717) is 24.5 Å². The lowest BCUT2D eigenvalue weighted by atomic mass is 9.90. The first-order valence-electron chi connectivity index (χ1n) is 7.60. The van der Waals surface area contributed by atoms with E-state index in [-0.39, 0.29) is 17.5 Å². The minimum atomic E-state index is -0.963. The van der Waals surface area contributed by atoms with Gasteiger partial charge in [-0.2, -0.15) is 0 Å². The maximum Gasteiger partial charge on any atom is 0.311 e. The second-order valence-corrected chi connectivity index (χ2v) is 7.47. The number of hydrogen-bond donors (Lipinski definition) is 2. The van der Waals surface area contributed by atoms with E-state index in [2.05, 4.69) is 9.97 Å². The molecule has 1 aromatic heterocycles. The molecule has 1 fully saturated rings. The number of amides is 1. The van der Waals surface area contributed by atoms with Gasteiger partial charge < -0.3 is 15.0 Å². The van der Waals surface area contributed by atoms with Crippen molar-refractivity contribution >= 4 is 11.9 Å². The van der Waals surface area contributed by atoms with E-state index >= 15 is 0 Å². The van der Waals surface area contributed by atoms with Crippen LogP contribution in [0, 0.1) is 12.3 Å². The maximum atomic E-state index is 12.6. The van der Waals surface area contributed by atoms with Crippen molar-refractivity contribution in [1.29, 1.82) is 0 Å². The Morgan fingerprint density at radius 3 is 2.39 bits per heavy atom. The number of H-pyrrole nitrogens is 1. The first-order valence-corrected chi connectivity index (χ1v) is 7.60. The molecule has 126 valence electrons. The zero-order chi connectivity index (χ0) is 17.6. The third kappa shape index (κ3) is 3.13. The number of aromatic nitrogens is 2. The molecule has 7 heteroatoms. The van der Waals surface area contributed by atoms with Gasteiger partial charge in [0.25, 0.3) is 11.5 Å². The third-order valence-electron chi connectivity index (χ3n) is 4.30. The summed E-state index contributed by atoms with van der Waals surface area (Å²) in [7, 11) is 0. The molecule has 0 saturated carbocycles. The standard InChI is InChI=1S/C16H23N3O4/c1-9-10(11(20)18-13(17-9)15(2,3)4)12(21)19-7-6-16(5,8-19)14(22)23/h6-8H2,1-5H3,(H,22,23)(H,17,18,20). The molecule has 1 aliphatic rings. The summed E-state index contributed by atoms with van der Waals surface area (Å²) in [5.74, 6) is -0.866. The molecule has 1 aliphatic heterocycles. The molecule has 2 heterocycles. The van der Waals surface area contributed by atoms with E-state index in [4.69, 9.17) is 0 Å². The van der Waals surface area contributed by atoms with Crippen LogP contribution in [0.5, 0.6) is 0 Å². The van der Waals surface area contributed by atoms with E-state index in [1.165, 1.54) is 4.90 Å². The Labute approximate surface area is 134 Å². The molecule has 0 aliphatic carbocycles. The topological polar surface area (TPSA) is 103 Å². The van der Waals surface area contributed by atoms with Gasteiger partial charge in [-0.25, -0.2) is 4.98 Å². The number of carbonyl (C=O) groups is 2. The van der Waals surface area contributed by atoms with Crippen LogP contribution in [0.1, 0.15) is 56.0 Å². The van der Waals surface area contributed by atoms with Crippen molar-refractivity contribution in [2.75, 3.05) is 13.1 Å². The molecule has 0 aromatic carbocycles. The van der Waals surface area contributed by atoms with Gasteiger partial charge in [-0.05, 0) is 20.3 Å². The first kappa shape index (κ1) is 17.2. The van der Waals surface area contributed by atoms with Crippen LogP contribution in [-0.4, -0.2) is 44.9 Å². The van der Waals surface area contributed by atoms with Crippen LogP contribution in [0.25, 0.3) is 0 Å². The van der Waals surface area contributed by atoms with Gasteiger partial charge in [0, 0.05) is 18.5 Å². The largest absolute Gasteiger partial charge is 0.481 e. The fourth-order valence-corrected chi connectivity index (χ4v) is 2.66. The van der Waals surface area contributed by atoms with Crippen LogP contribution in [0.15, 0.2) is 4.79 Å². The molecule has 7 nitrogen and oxygen atoms in total. The van der Waals surface area contributed by atoms with Crippen molar-refractivity contribution in [2.45, 2.75) is 46.5 Å². The van der Waals surface area contributed by atoms with E-state index in [1.807, 2.05) is 20.8 Å². The summed E-state index contributed by atoms with van der Waals surface area (Å²) < 4.78 is 0. The van der Waals surface area contributed by atoms with Gasteiger partial charge in [0.2, 0.25) is 0 Å². The van der Waals surface area contributed by atoms with Crippen molar-refractivity contribution in [3.8, 4) is 0 Å². The lowest BCUT2D eigenvalue weighted by Gasteiger charge is -2.22. The number of aryl methyl sites for hydroxylation is 1. The number of aromatic amines is 1. The summed E-state index contributed by atoms with van der Waals surface area (Å²) in [5, 5.41) is 9.26. The summed E-state index contributed by atoms with van der Waals surface area (Å²) in [6.07, 6.45) is 0.374. The van der Waals surface area contributed by atoms with Crippen molar-refractivity contribution < 1.29 is 14.7 Å². The van der Waals surface area contributed by atoms with Gasteiger partial charge in [0.15, 0.2) is 0 Å². The second kappa shape index (κ2) is 5.47. The molecule has 2 N–H and O–H groups in total. The Balaban J connectivity index is 2.35. The Kier molecular flexibility index (Phi) is 4.09. The minimum absolute atomic E-state index is 0.00682. The molecular weight excluding hydrogens is 298 g/mol. The Hall–Kier alpha value is -2.18. The molecule has 0 radical (unpaired) electrons. The smallest absolute Gasteiger partial charge is 0.311 e. The molecule has 1 unspecified atom stereocenters. The molecule has 23 heavy (non-hydrogen) atoms. The SMILES string of the molecule is Cc1nc(C(C)(C)C)[nH]c(=O)c1C(=O)N1CCC(C)(C(=O)O)C1. The molecule has 1 amide bonds. The number of nitrogens with one attached hydrogen (secondary N) is 1. The number of carbonyl (C=O) groups excluding carboxylic acids is 1. The molecule has 1 saturated heterocycles. The van der Waals surface area contributed by atoms with E-state index < -0.39 is 22.9 Å². The van der Waals surface area contributed by atoms with Crippen LogP contribution in [-0.2, 0) is 10.2 Å². The van der Waals surface area contributed by atoms with E-state index in [1.54, 1.807) is 13.8 Å². The predicted octanol–water partition coefficient (Wildman–Crippen LogP) is 1.31. The first-order chi connectivity index (χ1) is 10.5. The quantitative estimate of drug-likeness (QED) is 0.855. The van der Waals surface area contributed by atoms with Gasteiger partial charge in [0.05, 0.1) is 11.1 Å². The Bertz CT molecular complexity index is 717. The molecular formula is C16H23N3O4. The fourth-order valence-electron chi connectivity index (χ4n) is 2.66. The normalized spacial score (nSPS) is 21.5. The highest BCUT2D eigenvalue weighted by atomic mass is 16.4. The van der Waals surface area contributed by atoms with Gasteiger partial charge in [-0.3, -0.25) is 14.4 Å². The average Bonchev–Trinajstić information content (AvgIpc) is 2.81. The zero-order valence-electron chi connectivity index (χ0n) is 14.2. The van der Waals surface area contributed by atoms with E-state index in [9.17, 15) is 19.5 Å². The van der Waals surface area contributed by atoms with Crippen LogP contribution < -0.4 is 5.56 Å². The fraction of sp³-hybridized carbons (Fsp3) is 0.625. The van der Waals surface area contributed by atoms with Gasteiger partial charge >= 0.3 is 5.97 Å². The summed E-state index contributed by atoms with van der Waals surface area (Å²) in [6, 6.07) is 0. The number of nitrogens with zero attached hydrogens (tertiary/aromatic N) is 2. The lowest BCUT2D eigenvalue weighted by molar-refractivity contribution is -0.147. The van der Waals surface area contributed by atoms with Gasteiger partial charge in [-0.15, -0.1) is 0 Å². The van der Waals surface area contributed by atoms with Crippen molar-refractivity contribution in [1.82, 2.24) is 14.9 Å². The number of rotatable bonds is 2. The van der Waals surface area contributed by atoms with Gasteiger partial charge in [-0.1, -0.05) is 20.8 Å². The Morgan fingerprint density at radius 1 is 1.35 bits per heavy atom. The third-order valence-corrected chi connectivity index (χ3v) is 4.30. The van der Waals surface area contributed by atoms with Crippen molar-refractivity contribution in [3.05, 3.63) is 27.4 Å². The summed E-state index contributed by atoms with van der Waals surface area (Å²) in [5.41, 5.74) is -1.41. The monoisotopic (exact) mass is 321 g/mol. The summed E-state index contributed by atoms with van der Waals surface area (Å²) in [4.78, 5) is 44.7. The highest BCUT2D eigenvalue weighted by Crippen LogP contribution is 2.31. The summed E-state index contributed by atoms with van der Waals surface area (Å²) in [6.45, 7) is 9.42. The van der Waals surface area contributed by atoms with Crippen LogP contribution >= 0.6 is 0 Å². The van der Waals surface area contributed by atoms with Crippen molar-refractivity contribution in [3.63, 3.8) is 0 Å². The number of likely N-dealkylation sites (tertiary alicyclic amines) is 1. The summed E-state index contributed by atoms with van der Waals surface area (Å²) >= 11 is 0. The molecule has 1 atom stereocenters. The van der Waals surface area contributed by atoms with Crippen LogP contribution in [0.3, 0.4) is 0 Å². The zero-order valence-corrected chi connectivity index (χ0v) is 14.2. The van der Waals surface area contributed by atoms with Crippen LogP contribution in [0.4, 0.5) is 0 Å². The highest BCUT2D eigenvalue weighted by molar-refractivity contribution is 5.95.